The van der Waals surface area contributed by atoms with E-state index < -0.39 is 0 Å². The van der Waals surface area contributed by atoms with Crippen molar-refractivity contribution in [1.82, 2.24) is 10.2 Å². The van der Waals surface area contributed by atoms with Crippen LogP contribution in [0.25, 0.3) is 0 Å². The van der Waals surface area contributed by atoms with Gasteiger partial charge in [-0.05, 0) is 25.3 Å². The minimum Gasteiger partial charge on any atom is -0.314 e. The maximum atomic E-state index is 12.4. The lowest BCUT2D eigenvalue weighted by Gasteiger charge is -2.26. The molecule has 1 heterocycles. The summed E-state index contributed by atoms with van der Waals surface area (Å²) >= 11 is 1.64. The standard InChI is InChI=1S/C14H20N2OS/c1-11-3-4-14(18-2)12(9-11)13(17)10-16-7-5-15-6-8-16/h3-4,9,15H,5-8,10H2,1-2H3. The summed E-state index contributed by atoms with van der Waals surface area (Å²) in [6.45, 7) is 6.47. The number of ketones is 1. The monoisotopic (exact) mass is 264 g/mol. The average molecular weight is 264 g/mol. The highest BCUT2D eigenvalue weighted by atomic mass is 32.2. The number of hydrogen-bond donors (Lipinski definition) is 1. The number of nitrogens with zero attached hydrogens (tertiary/aromatic N) is 1. The summed E-state index contributed by atoms with van der Waals surface area (Å²) in [5.74, 6) is 0.241. The summed E-state index contributed by atoms with van der Waals surface area (Å²) in [5.41, 5.74) is 2.03. The summed E-state index contributed by atoms with van der Waals surface area (Å²) in [7, 11) is 0. The zero-order chi connectivity index (χ0) is 13.0. The van der Waals surface area contributed by atoms with Crippen LogP contribution >= 0.6 is 11.8 Å². The SMILES string of the molecule is CSc1ccc(C)cc1C(=O)CN1CCNCC1. The van der Waals surface area contributed by atoms with Crippen LogP contribution in [0.2, 0.25) is 0 Å². The molecule has 1 aromatic rings. The topological polar surface area (TPSA) is 32.3 Å². The van der Waals surface area contributed by atoms with Crippen molar-refractivity contribution >= 4 is 17.5 Å². The highest BCUT2D eigenvalue weighted by Crippen LogP contribution is 2.22. The Balaban J connectivity index is 2.09. The number of aryl methyl sites for hydroxylation is 1. The normalized spacial score (nSPS) is 16.8. The molecule has 1 aliphatic rings. The van der Waals surface area contributed by atoms with Gasteiger partial charge in [0.15, 0.2) is 5.78 Å². The van der Waals surface area contributed by atoms with Crippen LogP contribution in [0.5, 0.6) is 0 Å². The first-order chi connectivity index (χ1) is 8.70. The summed E-state index contributed by atoms with van der Waals surface area (Å²) < 4.78 is 0. The van der Waals surface area contributed by atoms with Crippen molar-refractivity contribution < 1.29 is 4.79 Å². The molecule has 0 bridgehead atoms. The zero-order valence-electron chi connectivity index (χ0n) is 11.0. The minimum absolute atomic E-state index is 0.241. The summed E-state index contributed by atoms with van der Waals surface area (Å²) in [6.07, 6.45) is 2.02. The van der Waals surface area contributed by atoms with Gasteiger partial charge in [0.25, 0.3) is 0 Å². The molecular weight excluding hydrogens is 244 g/mol. The van der Waals surface area contributed by atoms with E-state index in [0.29, 0.717) is 6.54 Å². The van der Waals surface area contributed by atoms with E-state index in [4.69, 9.17) is 0 Å². The summed E-state index contributed by atoms with van der Waals surface area (Å²) in [4.78, 5) is 15.7. The van der Waals surface area contributed by atoms with Gasteiger partial charge in [0.1, 0.15) is 0 Å². The first-order valence-electron chi connectivity index (χ1n) is 6.31. The predicted octanol–water partition coefficient (Wildman–Crippen LogP) is 1.80. The smallest absolute Gasteiger partial charge is 0.177 e. The minimum atomic E-state index is 0.241. The fraction of sp³-hybridized carbons (Fsp3) is 0.500. The Labute approximate surface area is 113 Å². The van der Waals surface area contributed by atoms with Gasteiger partial charge < -0.3 is 5.32 Å². The molecule has 2 rings (SSSR count). The molecule has 0 radical (unpaired) electrons. The lowest BCUT2D eigenvalue weighted by molar-refractivity contribution is 0.0918. The number of Topliss-reactive ketones (excluding diaryl/α,β-unsaturated/α-hetero) is 1. The van der Waals surface area contributed by atoms with Crippen LogP contribution < -0.4 is 5.32 Å². The lowest BCUT2D eigenvalue weighted by atomic mass is 10.1. The van der Waals surface area contributed by atoms with Crippen LogP contribution in [0.3, 0.4) is 0 Å². The van der Waals surface area contributed by atoms with Gasteiger partial charge in [0, 0.05) is 36.6 Å². The average Bonchev–Trinajstić information content (AvgIpc) is 2.40. The predicted molar refractivity (Wildman–Crippen MR) is 76.6 cm³/mol. The molecule has 0 aromatic heterocycles. The van der Waals surface area contributed by atoms with Crippen LogP contribution in [-0.2, 0) is 0 Å². The van der Waals surface area contributed by atoms with Crippen molar-refractivity contribution in [1.29, 1.82) is 0 Å². The Morgan fingerprint density at radius 1 is 1.39 bits per heavy atom. The molecule has 0 saturated carbocycles. The van der Waals surface area contributed by atoms with E-state index in [0.717, 1.165) is 42.2 Å². The van der Waals surface area contributed by atoms with Gasteiger partial charge in [-0.25, -0.2) is 0 Å². The summed E-state index contributed by atoms with van der Waals surface area (Å²) in [6, 6.07) is 6.12. The number of piperazine rings is 1. The molecule has 1 N–H and O–H groups in total. The van der Waals surface area contributed by atoms with Crippen molar-refractivity contribution in [2.45, 2.75) is 11.8 Å². The Morgan fingerprint density at radius 2 is 2.11 bits per heavy atom. The molecule has 0 spiro atoms. The van der Waals surface area contributed by atoms with Crippen LogP contribution in [0, 0.1) is 6.92 Å². The molecule has 3 nitrogen and oxygen atoms in total. The van der Waals surface area contributed by atoms with E-state index in [-0.39, 0.29) is 5.78 Å². The van der Waals surface area contributed by atoms with Crippen LogP contribution in [0.15, 0.2) is 23.1 Å². The molecule has 0 amide bonds. The molecule has 18 heavy (non-hydrogen) atoms. The van der Waals surface area contributed by atoms with Gasteiger partial charge >= 0.3 is 0 Å². The van der Waals surface area contributed by atoms with Crippen LogP contribution in [0.4, 0.5) is 0 Å². The number of thioether (sulfide) groups is 1. The summed E-state index contributed by atoms with van der Waals surface area (Å²) in [5, 5.41) is 3.30. The Hall–Kier alpha value is -0.840. The van der Waals surface area contributed by atoms with Gasteiger partial charge in [-0.2, -0.15) is 0 Å². The van der Waals surface area contributed by atoms with Crippen molar-refractivity contribution in [3.05, 3.63) is 29.3 Å². The van der Waals surface area contributed by atoms with E-state index >= 15 is 0 Å². The fourth-order valence-corrected chi connectivity index (χ4v) is 2.79. The Bertz CT molecular complexity index is 428. The number of hydrogen-bond acceptors (Lipinski definition) is 4. The second kappa shape index (κ2) is 6.36. The molecular formula is C14H20N2OS. The first kappa shape index (κ1) is 13.6. The number of benzene rings is 1. The highest BCUT2D eigenvalue weighted by molar-refractivity contribution is 7.98. The van der Waals surface area contributed by atoms with Gasteiger partial charge in [0.05, 0.1) is 6.54 Å². The molecule has 1 aromatic carbocycles. The fourth-order valence-electron chi connectivity index (χ4n) is 2.20. The molecule has 0 atom stereocenters. The third kappa shape index (κ3) is 3.34. The molecule has 4 heteroatoms. The van der Waals surface area contributed by atoms with E-state index in [1.807, 2.05) is 25.3 Å². The largest absolute Gasteiger partial charge is 0.314 e. The number of carbonyl (C=O) groups is 1. The van der Waals surface area contributed by atoms with Gasteiger partial charge in [0.2, 0.25) is 0 Å². The van der Waals surface area contributed by atoms with Crippen molar-refractivity contribution in [3.63, 3.8) is 0 Å². The zero-order valence-corrected chi connectivity index (χ0v) is 11.8. The molecule has 1 fully saturated rings. The second-order valence-electron chi connectivity index (χ2n) is 4.65. The maximum absolute atomic E-state index is 12.4. The highest BCUT2D eigenvalue weighted by Gasteiger charge is 2.17. The molecule has 1 saturated heterocycles. The first-order valence-corrected chi connectivity index (χ1v) is 7.54. The molecule has 1 aliphatic heterocycles. The van der Waals surface area contributed by atoms with E-state index in [1.54, 1.807) is 11.8 Å². The van der Waals surface area contributed by atoms with Gasteiger partial charge in [-0.1, -0.05) is 11.6 Å². The number of carbonyl (C=O) groups excluding carboxylic acids is 1. The van der Waals surface area contributed by atoms with E-state index in [1.165, 1.54) is 0 Å². The van der Waals surface area contributed by atoms with Crippen molar-refractivity contribution in [2.75, 3.05) is 39.0 Å². The quantitative estimate of drug-likeness (QED) is 0.664. The number of rotatable bonds is 4. The third-order valence-corrected chi connectivity index (χ3v) is 4.03. The second-order valence-corrected chi connectivity index (χ2v) is 5.50. The van der Waals surface area contributed by atoms with Crippen molar-refractivity contribution in [3.8, 4) is 0 Å². The molecule has 98 valence electrons. The Kier molecular flexibility index (Phi) is 4.80. The van der Waals surface area contributed by atoms with Crippen molar-refractivity contribution in [2.24, 2.45) is 0 Å². The third-order valence-electron chi connectivity index (χ3n) is 3.23. The maximum Gasteiger partial charge on any atom is 0.177 e. The Morgan fingerprint density at radius 3 is 2.78 bits per heavy atom. The van der Waals surface area contributed by atoms with Crippen LogP contribution in [0.1, 0.15) is 15.9 Å². The molecule has 0 aliphatic carbocycles. The van der Waals surface area contributed by atoms with E-state index in [9.17, 15) is 4.79 Å². The molecule has 0 unspecified atom stereocenters. The van der Waals surface area contributed by atoms with Crippen LogP contribution in [-0.4, -0.2) is 49.7 Å². The van der Waals surface area contributed by atoms with Gasteiger partial charge in [-0.15, -0.1) is 11.8 Å². The van der Waals surface area contributed by atoms with E-state index in [2.05, 4.69) is 16.3 Å². The van der Waals surface area contributed by atoms with Gasteiger partial charge in [-0.3, -0.25) is 9.69 Å². The number of nitrogens with one attached hydrogen (secondary N) is 1. The lowest BCUT2D eigenvalue weighted by Crippen LogP contribution is -2.45.